The highest BCUT2D eigenvalue weighted by Gasteiger charge is 2.30. The van der Waals surface area contributed by atoms with Crippen molar-refractivity contribution in [1.29, 1.82) is 0 Å². The quantitative estimate of drug-likeness (QED) is 0.257. The van der Waals surface area contributed by atoms with Gasteiger partial charge in [-0.2, -0.15) is 0 Å². The summed E-state index contributed by atoms with van der Waals surface area (Å²) in [5.41, 5.74) is 4.35. The van der Waals surface area contributed by atoms with Gasteiger partial charge in [-0.3, -0.25) is 4.79 Å². The van der Waals surface area contributed by atoms with Crippen molar-refractivity contribution >= 4 is 32.9 Å². The number of aryl methyl sites for hydroxylation is 3. The Morgan fingerprint density at radius 3 is 2.40 bits per heavy atom. The van der Waals surface area contributed by atoms with E-state index < -0.39 is 22.0 Å². The Balaban J connectivity index is 1.23. The van der Waals surface area contributed by atoms with Gasteiger partial charge >= 0.3 is 6.09 Å². The van der Waals surface area contributed by atoms with Gasteiger partial charge < -0.3 is 14.2 Å². The van der Waals surface area contributed by atoms with Crippen LogP contribution in [0.25, 0.3) is 10.9 Å². The fourth-order valence-electron chi connectivity index (χ4n) is 5.67. The molecule has 1 atom stereocenters. The molecule has 0 saturated carbocycles. The standard InChI is InChI=1S/C33H37N3O5S/c1-25-11-8-18-30-29(25)21-31(36(30)20-10-16-26-12-4-2-5-13-26)32(37)34-42(39,40)24-28-17-9-19-35(22-28)33(38)41-23-27-14-6-3-7-15-27/h2-8,11-15,18,21,28H,9-10,16-17,19-20,22-24H2,1H3,(H,34,37)/t28-/m0/s1. The van der Waals surface area contributed by atoms with E-state index >= 15 is 0 Å². The molecule has 1 fully saturated rings. The van der Waals surface area contributed by atoms with Gasteiger partial charge in [0.15, 0.2) is 0 Å². The summed E-state index contributed by atoms with van der Waals surface area (Å²) in [6.45, 7) is 3.50. The van der Waals surface area contributed by atoms with Gasteiger partial charge in [0.25, 0.3) is 5.91 Å². The third kappa shape index (κ3) is 7.39. The summed E-state index contributed by atoms with van der Waals surface area (Å²) in [6, 6.07) is 27.2. The second kappa shape index (κ2) is 13.2. The number of carbonyl (C=O) groups excluding carboxylic acids is 2. The molecule has 0 bridgehead atoms. The van der Waals surface area contributed by atoms with Crippen molar-refractivity contribution in [1.82, 2.24) is 14.2 Å². The number of fused-ring (bicyclic) bond motifs is 1. The number of aromatic nitrogens is 1. The van der Waals surface area contributed by atoms with Crippen LogP contribution in [0, 0.1) is 12.8 Å². The number of ether oxygens (including phenoxy) is 1. The second-order valence-electron chi connectivity index (χ2n) is 11.0. The maximum absolute atomic E-state index is 13.4. The Kier molecular flexibility index (Phi) is 9.27. The first kappa shape index (κ1) is 29.4. The van der Waals surface area contributed by atoms with E-state index in [-0.39, 0.29) is 24.8 Å². The molecule has 42 heavy (non-hydrogen) atoms. The zero-order valence-electron chi connectivity index (χ0n) is 23.9. The fourth-order valence-corrected chi connectivity index (χ4v) is 7.03. The number of amides is 2. The van der Waals surface area contributed by atoms with E-state index in [1.165, 1.54) is 5.56 Å². The lowest BCUT2D eigenvalue weighted by molar-refractivity contribution is 0.0811. The molecule has 1 saturated heterocycles. The molecule has 8 nitrogen and oxygen atoms in total. The minimum Gasteiger partial charge on any atom is -0.445 e. The smallest absolute Gasteiger partial charge is 0.410 e. The molecular formula is C33H37N3O5S. The van der Waals surface area contributed by atoms with E-state index in [2.05, 4.69) is 16.9 Å². The molecule has 0 radical (unpaired) electrons. The first-order valence-corrected chi connectivity index (χ1v) is 16.1. The topological polar surface area (TPSA) is 97.7 Å². The molecule has 2 heterocycles. The molecule has 2 amide bonds. The van der Waals surface area contributed by atoms with E-state index in [0.29, 0.717) is 31.6 Å². The number of carbonyl (C=O) groups is 2. The van der Waals surface area contributed by atoms with E-state index in [9.17, 15) is 18.0 Å². The van der Waals surface area contributed by atoms with Gasteiger partial charge in [-0.15, -0.1) is 0 Å². The number of hydrogen-bond acceptors (Lipinski definition) is 5. The molecule has 3 aromatic carbocycles. The average Bonchev–Trinajstić information content (AvgIpc) is 3.37. The normalized spacial score (nSPS) is 15.5. The Bertz CT molecular complexity index is 1630. The first-order chi connectivity index (χ1) is 20.3. The molecule has 0 spiro atoms. The highest BCUT2D eigenvalue weighted by atomic mass is 32.2. The predicted octanol–water partition coefficient (Wildman–Crippen LogP) is 5.69. The first-order valence-electron chi connectivity index (χ1n) is 14.4. The molecular weight excluding hydrogens is 550 g/mol. The van der Waals surface area contributed by atoms with Crippen molar-refractivity contribution in [3.63, 3.8) is 0 Å². The van der Waals surface area contributed by atoms with Crippen molar-refractivity contribution in [2.75, 3.05) is 18.8 Å². The molecule has 4 aromatic rings. The molecule has 1 aliphatic heterocycles. The van der Waals surface area contributed by atoms with Crippen LogP contribution in [0.15, 0.2) is 84.9 Å². The minimum absolute atomic E-state index is 0.161. The van der Waals surface area contributed by atoms with Gasteiger partial charge in [0.2, 0.25) is 10.0 Å². The SMILES string of the molecule is Cc1cccc2c1cc(C(=O)NS(=O)(=O)C[C@H]1CCCN(C(=O)OCc3ccccc3)C1)n2CCCc1ccccc1. The van der Waals surface area contributed by atoms with E-state index in [1.807, 2.05) is 78.2 Å². The summed E-state index contributed by atoms with van der Waals surface area (Å²) >= 11 is 0. The summed E-state index contributed by atoms with van der Waals surface area (Å²) in [4.78, 5) is 27.6. The number of sulfonamides is 1. The van der Waals surface area contributed by atoms with Crippen molar-refractivity contribution in [3.05, 3.63) is 107 Å². The lowest BCUT2D eigenvalue weighted by Crippen LogP contribution is -2.44. The zero-order valence-corrected chi connectivity index (χ0v) is 24.7. The van der Waals surface area contributed by atoms with Gasteiger partial charge in [0, 0.05) is 30.5 Å². The van der Waals surface area contributed by atoms with Crippen molar-refractivity contribution in [2.45, 2.75) is 45.8 Å². The van der Waals surface area contributed by atoms with Crippen LogP contribution >= 0.6 is 0 Å². The van der Waals surface area contributed by atoms with Crippen LogP contribution in [0.1, 0.15) is 46.4 Å². The Labute approximate surface area is 247 Å². The molecule has 1 aliphatic rings. The molecule has 1 N–H and O–H groups in total. The van der Waals surface area contributed by atoms with Gasteiger partial charge in [-0.1, -0.05) is 72.8 Å². The third-order valence-electron chi connectivity index (χ3n) is 7.77. The van der Waals surface area contributed by atoms with Crippen LogP contribution in [0.2, 0.25) is 0 Å². The maximum atomic E-state index is 13.4. The molecule has 5 rings (SSSR count). The van der Waals surface area contributed by atoms with Crippen LogP contribution in [-0.4, -0.2) is 48.7 Å². The number of hydrogen-bond donors (Lipinski definition) is 1. The molecule has 220 valence electrons. The lowest BCUT2D eigenvalue weighted by atomic mass is 10.0. The van der Waals surface area contributed by atoms with E-state index in [1.54, 1.807) is 11.0 Å². The summed E-state index contributed by atoms with van der Waals surface area (Å²) in [5, 5.41) is 0.927. The molecule has 0 aliphatic carbocycles. The maximum Gasteiger partial charge on any atom is 0.410 e. The summed E-state index contributed by atoms with van der Waals surface area (Å²) in [7, 11) is -3.95. The number of likely N-dealkylation sites (tertiary alicyclic amines) is 1. The summed E-state index contributed by atoms with van der Waals surface area (Å²) < 4.78 is 36.1. The van der Waals surface area contributed by atoms with Crippen LogP contribution in [0.4, 0.5) is 4.79 Å². The minimum atomic E-state index is -3.95. The van der Waals surface area contributed by atoms with Crippen LogP contribution in [0.5, 0.6) is 0 Å². The van der Waals surface area contributed by atoms with Gasteiger partial charge in [-0.25, -0.2) is 17.9 Å². The van der Waals surface area contributed by atoms with Crippen molar-refractivity contribution < 1.29 is 22.7 Å². The van der Waals surface area contributed by atoms with Gasteiger partial charge in [0.05, 0.1) is 5.75 Å². The Morgan fingerprint density at radius 1 is 0.952 bits per heavy atom. The second-order valence-corrected chi connectivity index (χ2v) is 12.8. The number of nitrogens with one attached hydrogen (secondary N) is 1. The summed E-state index contributed by atoms with van der Waals surface area (Å²) in [6.07, 6.45) is 2.51. The number of nitrogens with zero attached hydrogens (tertiary/aromatic N) is 2. The third-order valence-corrected chi connectivity index (χ3v) is 9.18. The largest absolute Gasteiger partial charge is 0.445 e. The predicted molar refractivity (Wildman–Crippen MR) is 164 cm³/mol. The number of rotatable bonds is 10. The Morgan fingerprint density at radius 2 is 1.67 bits per heavy atom. The lowest BCUT2D eigenvalue weighted by Gasteiger charge is -2.31. The average molecular weight is 588 g/mol. The van der Waals surface area contributed by atoms with Crippen LogP contribution in [-0.2, 0) is 34.3 Å². The summed E-state index contributed by atoms with van der Waals surface area (Å²) in [5.74, 6) is -1.18. The number of benzene rings is 3. The molecule has 0 unspecified atom stereocenters. The fraction of sp³-hybridized carbons (Fsp3) is 0.333. The van der Waals surface area contributed by atoms with Crippen molar-refractivity contribution in [3.8, 4) is 0 Å². The van der Waals surface area contributed by atoms with Crippen molar-refractivity contribution in [2.24, 2.45) is 5.92 Å². The van der Waals surface area contributed by atoms with E-state index in [4.69, 9.17) is 4.74 Å². The Hall–Kier alpha value is -4.11. The van der Waals surface area contributed by atoms with Crippen LogP contribution < -0.4 is 4.72 Å². The highest BCUT2D eigenvalue weighted by Crippen LogP contribution is 2.25. The monoisotopic (exact) mass is 587 g/mol. The van der Waals surface area contributed by atoms with Gasteiger partial charge in [-0.05, 0) is 67.3 Å². The van der Waals surface area contributed by atoms with Crippen LogP contribution in [0.3, 0.4) is 0 Å². The zero-order chi connectivity index (χ0) is 29.5. The highest BCUT2D eigenvalue weighted by molar-refractivity contribution is 7.90. The van der Waals surface area contributed by atoms with E-state index in [0.717, 1.165) is 34.9 Å². The molecule has 1 aromatic heterocycles. The molecule has 9 heteroatoms. The van der Waals surface area contributed by atoms with Gasteiger partial charge in [0.1, 0.15) is 12.3 Å². The number of piperidine rings is 1.